The van der Waals surface area contributed by atoms with Crippen molar-refractivity contribution < 1.29 is 9.13 Å². The number of nitrogens with zero attached hydrogens (tertiary/aromatic N) is 2. The minimum absolute atomic E-state index is 0.0705. The van der Waals surface area contributed by atoms with Crippen LogP contribution in [0.2, 0.25) is 5.02 Å². The van der Waals surface area contributed by atoms with Crippen LogP contribution in [0, 0.1) is 5.82 Å². The van der Waals surface area contributed by atoms with Gasteiger partial charge in [-0.15, -0.1) is 0 Å². The maximum Gasteiger partial charge on any atom is 0.314 e. The lowest BCUT2D eigenvalue weighted by Crippen LogP contribution is -2.13. The van der Waals surface area contributed by atoms with Crippen LogP contribution in [0.4, 0.5) is 4.39 Å². The van der Waals surface area contributed by atoms with Crippen LogP contribution >= 0.6 is 22.9 Å². The molecule has 3 rings (SSSR count). The molecular formula is C13H8ClFN2O2S. The Kier molecular flexibility index (Phi) is 3.19. The number of methoxy groups -OCH3 is 1. The summed E-state index contributed by atoms with van der Waals surface area (Å²) in [4.78, 5) is 15.7. The first-order valence-electron chi connectivity index (χ1n) is 5.61. The molecule has 0 saturated heterocycles. The number of halogens is 2. The highest BCUT2D eigenvalue weighted by atomic mass is 35.5. The van der Waals surface area contributed by atoms with E-state index in [1.165, 1.54) is 17.9 Å². The van der Waals surface area contributed by atoms with Crippen LogP contribution in [-0.2, 0) is 0 Å². The molecule has 1 aromatic carbocycles. The molecule has 3 aromatic rings. The Labute approximate surface area is 122 Å². The molecule has 7 heteroatoms. The number of benzene rings is 1. The van der Waals surface area contributed by atoms with Crippen LogP contribution in [0.25, 0.3) is 16.0 Å². The molecule has 0 N–H and O–H groups in total. The van der Waals surface area contributed by atoms with E-state index < -0.39 is 5.82 Å². The Morgan fingerprint density at radius 2 is 2.20 bits per heavy atom. The molecule has 0 fully saturated rings. The van der Waals surface area contributed by atoms with Crippen LogP contribution < -0.4 is 9.61 Å². The van der Waals surface area contributed by atoms with Gasteiger partial charge in [-0.25, -0.2) is 13.9 Å². The molecule has 0 aliphatic rings. The van der Waals surface area contributed by atoms with Gasteiger partial charge in [-0.3, -0.25) is 4.79 Å². The van der Waals surface area contributed by atoms with Gasteiger partial charge in [0.2, 0.25) is 0 Å². The number of hydrogen-bond acceptors (Lipinski definition) is 4. The lowest BCUT2D eigenvalue weighted by Gasteiger charge is -2.05. The van der Waals surface area contributed by atoms with E-state index in [0.717, 1.165) is 22.1 Å². The van der Waals surface area contributed by atoms with E-state index in [2.05, 4.69) is 4.98 Å². The third-order valence-corrected chi connectivity index (χ3v) is 3.92. The van der Waals surface area contributed by atoms with Crippen LogP contribution in [0.15, 0.2) is 35.3 Å². The second kappa shape index (κ2) is 4.88. The molecule has 20 heavy (non-hydrogen) atoms. The number of aromatic nitrogens is 2. The van der Waals surface area contributed by atoms with Crippen LogP contribution in [0.5, 0.6) is 5.75 Å². The number of hydrogen-bond donors (Lipinski definition) is 0. The quantitative estimate of drug-likeness (QED) is 0.730. The predicted octanol–water partition coefficient (Wildman–Crippen LogP) is 3.25. The Hall–Kier alpha value is -1.92. The van der Waals surface area contributed by atoms with Gasteiger partial charge in [0.1, 0.15) is 5.75 Å². The molecule has 4 nitrogen and oxygen atoms in total. The molecule has 0 aliphatic carbocycles. The summed E-state index contributed by atoms with van der Waals surface area (Å²) in [5.41, 5.74) is 0.549. The molecule has 2 heterocycles. The molecule has 0 radical (unpaired) electrons. The molecule has 0 amide bonds. The molecule has 102 valence electrons. The van der Waals surface area contributed by atoms with Gasteiger partial charge in [0.15, 0.2) is 11.6 Å². The second-order valence-electron chi connectivity index (χ2n) is 4.00. The Morgan fingerprint density at radius 1 is 1.40 bits per heavy atom. The number of fused-ring (bicyclic) bond motifs is 1. The zero-order chi connectivity index (χ0) is 14.3. The Bertz CT molecular complexity index is 859. The van der Waals surface area contributed by atoms with E-state index in [-0.39, 0.29) is 15.7 Å². The maximum absolute atomic E-state index is 14.0. The summed E-state index contributed by atoms with van der Waals surface area (Å²) in [5.74, 6) is -0.139. The molecule has 0 unspecified atom stereocenters. The molecule has 0 saturated carbocycles. The highest BCUT2D eigenvalue weighted by molar-refractivity contribution is 7.16. The van der Waals surface area contributed by atoms with Crippen molar-refractivity contribution in [1.82, 2.24) is 9.55 Å². The Balaban J connectivity index is 2.34. The van der Waals surface area contributed by atoms with E-state index in [1.807, 2.05) is 0 Å². The fourth-order valence-electron chi connectivity index (χ4n) is 1.90. The van der Waals surface area contributed by atoms with Crippen molar-refractivity contribution in [3.8, 4) is 11.6 Å². The third-order valence-electron chi connectivity index (χ3n) is 2.79. The average Bonchev–Trinajstić information content (AvgIpc) is 2.74. The molecule has 0 aliphatic heterocycles. The largest absolute Gasteiger partial charge is 0.497 e. The summed E-state index contributed by atoms with van der Waals surface area (Å²) in [7, 11) is 1.52. The zero-order valence-corrected chi connectivity index (χ0v) is 11.8. The van der Waals surface area contributed by atoms with Gasteiger partial charge in [-0.05, 0) is 18.2 Å². The Morgan fingerprint density at radius 3 is 2.90 bits per heavy atom. The van der Waals surface area contributed by atoms with Crippen molar-refractivity contribution in [1.29, 1.82) is 0 Å². The fraction of sp³-hybridized carbons (Fsp3) is 0.0769. The van der Waals surface area contributed by atoms with Crippen molar-refractivity contribution in [2.75, 3.05) is 7.11 Å². The molecule has 2 aromatic heterocycles. The van der Waals surface area contributed by atoms with E-state index in [1.54, 1.807) is 18.2 Å². The van der Waals surface area contributed by atoms with Crippen molar-refractivity contribution in [3.05, 3.63) is 51.0 Å². The molecule has 0 spiro atoms. The van der Waals surface area contributed by atoms with Crippen molar-refractivity contribution in [2.24, 2.45) is 0 Å². The SMILES string of the molecule is COc1ccc2sc(=O)n(-c3ncc(Cl)cc3F)c2c1. The fourth-order valence-corrected chi connectivity index (χ4v) is 2.90. The van der Waals surface area contributed by atoms with Gasteiger partial charge in [0, 0.05) is 12.3 Å². The zero-order valence-electron chi connectivity index (χ0n) is 10.3. The highest BCUT2D eigenvalue weighted by Gasteiger charge is 2.15. The lowest BCUT2D eigenvalue weighted by molar-refractivity contribution is 0.415. The van der Waals surface area contributed by atoms with E-state index in [4.69, 9.17) is 16.3 Å². The van der Waals surface area contributed by atoms with Gasteiger partial charge >= 0.3 is 4.87 Å². The van der Waals surface area contributed by atoms with Gasteiger partial charge in [0.25, 0.3) is 0 Å². The highest BCUT2D eigenvalue weighted by Crippen LogP contribution is 2.26. The van der Waals surface area contributed by atoms with Crippen molar-refractivity contribution in [2.45, 2.75) is 0 Å². The minimum Gasteiger partial charge on any atom is -0.497 e. The van der Waals surface area contributed by atoms with Crippen molar-refractivity contribution >= 4 is 33.2 Å². The van der Waals surface area contributed by atoms with Crippen LogP contribution in [0.3, 0.4) is 0 Å². The van der Waals surface area contributed by atoms with Gasteiger partial charge < -0.3 is 4.74 Å². The smallest absolute Gasteiger partial charge is 0.314 e. The number of pyridine rings is 1. The summed E-state index contributed by atoms with van der Waals surface area (Å²) in [6.07, 6.45) is 1.30. The molecule has 0 bridgehead atoms. The average molecular weight is 311 g/mol. The van der Waals surface area contributed by atoms with Gasteiger partial charge in [0.05, 0.1) is 22.3 Å². The van der Waals surface area contributed by atoms with E-state index >= 15 is 0 Å². The summed E-state index contributed by atoms with van der Waals surface area (Å²) >= 11 is 6.69. The maximum atomic E-state index is 14.0. The monoisotopic (exact) mass is 310 g/mol. The normalized spacial score (nSPS) is 10.9. The molecular weight excluding hydrogens is 303 g/mol. The summed E-state index contributed by atoms with van der Waals surface area (Å²) < 4.78 is 21.0. The van der Waals surface area contributed by atoms with Crippen LogP contribution in [0.1, 0.15) is 0 Å². The first kappa shape index (κ1) is 13.1. The minimum atomic E-state index is -0.651. The van der Waals surface area contributed by atoms with E-state index in [0.29, 0.717) is 11.3 Å². The first-order valence-corrected chi connectivity index (χ1v) is 6.80. The van der Waals surface area contributed by atoms with Crippen molar-refractivity contribution in [3.63, 3.8) is 0 Å². The van der Waals surface area contributed by atoms with E-state index in [9.17, 15) is 9.18 Å². The number of thiazole rings is 1. The van der Waals surface area contributed by atoms with Crippen LogP contribution in [-0.4, -0.2) is 16.7 Å². The molecule has 0 atom stereocenters. The standard InChI is InChI=1S/C13H8ClFN2O2S/c1-19-8-2-3-11-10(5-8)17(13(18)20-11)12-9(15)4-7(14)6-16-12/h2-6H,1H3. The summed E-state index contributed by atoms with van der Waals surface area (Å²) in [6.45, 7) is 0. The second-order valence-corrected chi connectivity index (χ2v) is 5.43. The number of ether oxygens (including phenoxy) is 1. The third kappa shape index (κ3) is 2.07. The lowest BCUT2D eigenvalue weighted by atomic mass is 10.3. The topological polar surface area (TPSA) is 44.1 Å². The first-order chi connectivity index (χ1) is 9.60. The number of rotatable bonds is 2. The summed E-state index contributed by atoms with van der Waals surface area (Å²) in [6, 6.07) is 6.29. The predicted molar refractivity (Wildman–Crippen MR) is 76.7 cm³/mol. The van der Waals surface area contributed by atoms with Gasteiger partial charge in [-0.2, -0.15) is 0 Å². The summed E-state index contributed by atoms with van der Waals surface area (Å²) in [5, 5.41) is 0.177. The van der Waals surface area contributed by atoms with Gasteiger partial charge in [-0.1, -0.05) is 22.9 Å².